The van der Waals surface area contributed by atoms with E-state index in [-0.39, 0.29) is 54.2 Å². The van der Waals surface area contributed by atoms with Crippen molar-refractivity contribution >= 4 is 27.7 Å². The first kappa shape index (κ1) is 32.8. The summed E-state index contributed by atoms with van der Waals surface area (Å²) in [6.45, 7) is 4.10. The van der Waals surface area contributed by atoms with Crippen molar-refractivity contribution in [2.24, 2.45) is 0 Å². The van der Waals surface area contributed by atoms with Crippen molar-refractivity contribution in [1.82, 2.24) is 24.8 Å². The first-order chi connectivity index (χ1) is 23.5. The van der Waals surface area contributed by atoms with Crippen LogP contribution in [0, 0.1) is 13.8 Å². The number of hydrogen-bond donors (Lipinski definition) is 1. The molecule has 0 saturated heterocycles. The Kier molecular flexibility index (Phi) is 8.92. The lowest BCUT2D eigenvalue weighted by atomic mass is 9.90. The van der Waals surface area contributed by atoms with Crippen LogP contribution in [0.5, 0.6) is 5.88 Å². The van der Waals surface area contributed by atoms with Crippen LogP contribution in [-0.2, 0) is 21.3 Å². The summed E-state index contributed by atoms with van der Waals surface area (Å²) in [5.41, 5.74) is 3.88. The minimum Gasteiger partial charge on any atom is -0.475 e. The average Bonchev–Trinajstić information content (AvgIpc) is 3.90. The van der Waals surface area contributed by atoms with Gasteiger partial charge in [0.1, 0.15) is 18.6 Å². The second-order valence-corrected chi connectivity index (χ2v) is 14.6. The summed E-state index contributed by atoms with van der Waals surface area (Å²) in [6, 6.07) is 12.8. The summed E-state index contributed by atoms with van der Waals surface area (Å²) in [5.74, 6) is 0.116. The topological polar surface area (TPSA) is 140 Å². The van der Waals surface area contributed by atoms with Crippen LogP contribution in [-0.4, -0.2) is 83.8 Å². The maximum absolute atomic E-state index is 14.4. The van der Waals surface area contributed by atoms with Crippen LogP contribution in [0.4, 0.5) is 16.2 Å². The Labute approximate surface area is 284 Å². The molecule has 0 unspecified atom stereocenters. The SMILES string of the molecule is Cc1cccc(C)c1-c1cc2nc(n1)NS(=O)(=O)c1cccc(c1)C(=O)N(Cc1cncc(N(C)C3CC(F)C3)n1)[C@H](COC1CC1)CO2. The van der Waals surface area contributed by atoms with Crippen molar-refractivity contribution in [3.05, 3.63) is 83.3 Å². The lowest BCUT2D eigenvalue weighted by Crippen LogP contribution is -2.46. The minimum absolute atomic E-state index is 0.0134. The summed E-state index contributed by atoms with van der Waals surface area (Å²) < 4.78 is 55.9. The standard InChI is InChI=1S/C35H38FN7O5S/c1-21-6-4-7-22(2)33(21)30-15-32-40-35(39-30)41-49(45,46)29-9-5-8-23(12-29)34(44)43(27(20-48-32)19-47-28-10-11-28)18-25-16-37-17-31(38-25)42(3)26-13-24(36)14-26/h4-9,12,15-17,24,26-28H,10-11,13-14,18-20H2,1-3H3,(H,39,40,41)/t24?,26?,27-/m1/s1. The summed E-state index contributed by atoms with van der Waals surface area (Å²) in [6.07, 6.45) is 5.20. The number of carbonyl (C=O) groups is 1. The zero-order chi connectivity index (χ0) is 34.3. The highest BCUT2D eigenvalue weighted by molar-refractivity contribution is 7.92. The van der Waals surface area contributed by atoms with E-state index in [1.54, 1.807) is 29.4 Å². The van der Waals surface area contributed by atoms with Crippen LogP contribution in [0.3, 0.4) is 0 Å². The largest absolute Gasteiger partial charge is 0.475 e. The van der Waals surface area contributed by atoms with Crippen molar-refractivity contribution in [1.29, 1.82) is 0 Å². The fraction of sp³-hybridized carbons (Fsp3) is 0.400. The third-order valence-electron chi connectivity index (χ3n) is 9.20. The van der Waals surface area contributed by atoms with Crippen molar-refractivity contribution in [2.75, 3.05) is 29.9 Å². The number of alkyl halides is 1. The van der Waals surface area contributed by atoms with E-state index in [0.29, 0.717) is 30.0 Å². The number of nitrogens with zero attached hydrogens (tertiary/aromatic N) is 6. The highest BCUT2D eigenvalue weighted by atomic mass is 32.2. The van der Waals surface area contributed by atoms with Crippen molar-refractivity contribution in [2.45, 2.75) is 75.3 Å². The van der Waals surface area contributed by atoms with Crippen LogP contribution in [0.25, 0.3) is 11.3 Å². The Morgan fingerprint density at radius 3 is 2.53 bits per heavy atom. The molecule has 2 fully saturated rings. The van der Waals surface area contributed by atoms with Crippen LogP contribution in [0.1, 0.15) is 52.9 Å². The molecule has 14 heteroatoms. The van der Waals surface area contributed by atoms with Crippen molar-refractivity contribution in [3.63, 3.8) is 0 Å². The first-order valence-electron chi connectivity index (χ1n) is 16.4. The van der Waals surface area contributed by atoms with Gasteiger partial charge in [-0.15, -0.1) is 0 Å². The molecule has 3 aliphatic rings. The van der Waals surface area contributed by atoms with Gasteiger partial charge in [-0.25, -0.2) is 27.5 Å². The number of rotatable bonds is 8. The van der Waals surface area contributed by atoms with E-state index >= 15 is 0 Å². The van der Waals surface area contributed by atoms with Gasteiger partial charge in [-0.2, -0.15) is 4.98 Å². The Bertz CT molecular complexity index is 1970. The summed E-state index contributed by atoms with van der Waals surface area (Å²) in [7, 11) is -2.35. The molecule has 12 nitrogen and oxygen atoms in total. The third-order valence-corrected chi connectivity index (χ3v) is 10.5. The molecule has 1 aliphatic heterocycles. The van der Waals surface area contributed by atoms with Gasteiger partial charge in [0, 0.05) is 30.3 Å². The number of aromatic nitrogens is 4. The monoisotopic (exact) mass is 687 g/mol. The molecule has 2 aliphatic carbocycles. The van der Waals surface area contributed by atoms with Gasteiger partial charge in [0.05, 0.1) is 54.0 Å². The number of ether oxygens (including phenoxy) is 2. The van der Waals surface area contributed by atoms with E-state index in [0.717, 1.165) is 29.5 Å². The van der Waals surface area contributed by atoms with E-state index in [4.69, 9.17) is 14.5 Å². The summed E-state index contributed by atoms with van der Waals surface area (Å²) >= 11 is 0. The Morgan fingerprint density at radius 2 is 1.80 bits per heavy atom. The van der Waals surface area contributed by atoms with Gasteiger partial charge in [0.15, 0.2) is 0 Å². The second-order valence-electron chi connectivity index (χ2n) is 12.9. The third kappa shape index (κ3) is 7.20. The van der Waals surface area contributed by atoms with Crippen LogP contribution < -0.4 is 14.4 Å². The molecule has 2 saturated carbocycles. The van der Waals surface area contributed by atoms with Crippen LogP contribution in [0.15, 0.2) is 65.8 Å². The maximum atomic E-state index is 14.4. The smallest absolute Gasteiger partial charge is 0.264 e. The number of sulfonamides is 1. The zero-order valence-electron chi connectivity index (χ0n) is 27.5. The lowest BCUT2D eigenvalue weighted by Gasteiger charge is -2.38. The van der Waals surface area contributed by atoms with Gasteiger partial charge in [0.2, 0.25) is 11.8 Å². The number of nitrogens with one attached hydrogen (secondary N) is 1. The van der Waals surface area contributed by atoms with Crippen LogP contribution >= 0.6 is 0 Å². The molecule has 0 radical (unpaired) electrons. The normalized spacial score (nSPS) is 21.7. The zero-order valence-corrected chi connectivity index (χ0v) is 28.4. The Morgan fingerprint density at radius 1 is 1.04 bits per heavy atom. The Balaban J connectivity index is 1.29. The van der Waals surface area contributed by atoms with E-state index < -0.39 is 28.1 Å². The first-order valence-corrected chi connectivity index (χ1v) is 17.8. The van der Waals surface area contributed by atoms with Gasteiger partial charge in [0.25, 0.3) is 15.9 Å². The molecule has 3 heterocycles. The number of anilines is 2. The fourth-order valence-corrected chi connectivity index (χ4v) is 7.12. The number of amides is 1. The molecule has 256 valence electrons. The number of halogens is 1. The summed E-state index contributed by atoms with van der Waals surface area (Å²) in [4.78, 5) is 36.0. The molecule has 1 amide bonds. The molecule has 49 heavy (non-hydrogen) atoms. The molecule has 2 aromatic heterocycles. The van der Waals surface area contributed by atoms with E-state index in [1.165, 1.54) is 18.2 Å². The van der Waals surface area contributed by atoms with Crippen molar-refractivity contribution < 1.29 is 27.1 Å². The second kappa shape index (κ2) is 13.3. The van der Waals surface area contributed by atoms with Gasteiger partial charge >= 0.3 is 0 Å². The molecule has 1 N–H and O–H groups in total. The number of fused-ring (bicyclic) bond motifs is 4. The van der Waals surface area contributed by atoms with E-state index in [2.05, 4.69) is 19.7 Å². The molecular formula is C35H38FN7O5S. The quantitative estimate of drug-likeness (QED) is 0.273. The molecule has 2 aromatic carbocycles. The maximum Gasteiger partial charge on any atom is 0.264 e. The van der Waals surface area contributed by atoms with Gasteiger partial charge in [-0.3, -0.25) is 9.78 Å². The predicted octanol–water partition coefficient (Wildman–Crippen LogP) is 4.87. The number of aryl methyl sites for hydroxylation is 2. The highest BCUT2D eigenvalue weighted by Gasteiger charge is 2.34. The van der Waals surface area contributed by atoms with Crippen molar-refractivity contribution in [3.8, 4) is 17.1 Å². The van der Waals surface area contributed by atoms with E-state index in [1.807, 2.05) is 44.0 Å². The average molecular weight is 688 g/mol. The van der Waals surface area contributed by atoms with Gasteiger partial charge in [-0.1, -0.05) is 24.3 Å². The molecular weight excluding hydrogens is 649 g/mol. The molecule has 7 rings (SSSR count). The number of benzene rings is 2. The predicted molar refractivity (Wildman–Crippen MR) is 181 cm³/mol. The van der Waals surface area contributed by atoms with Gasteiger partial charge < -0.3 is 19.3 Å². The number of carbonyl (C=O) groups excluding carboxylic acids is 1. The Hall–Kier alpha value is -4.69. The molecule has 0 spiro atoms. The van der Waals surface area contributed by atoms with Crippen LogP contribution in [0.2, 0.25) is 0 Å². The molecule has 4 bridgehead atoms. The molecule has 4 aromatic rings. The fourth-order valence-electron chi connectivity index (χ4n) is 6.13. The minimum atomic E-state index is -4.21. The van der Waals surface area contributed by atoms with E-state index in [9.17, 15) is 17.6 Å². The highest BCUT2D eigenvalue weighted by Crippen LogP contribution is 2.32. The number of hydrogen-bond acceptors (Lipinski definition) is 10. The van der Waals surface area contributed by atoms with Gasteiger partial charge in [-0.05, 0) is 68.9 Å². The molecule has 1 atom stereocenters. The lowest BCUT2D eigenvalue weighted by molar-refractivity contribution is 0.0209. The summed E-state index contributed by atoms with van der Waals surface area (Å²) in [5, 5.41) is 0.